The number of phenols is 1. The van der Waals surface area contributed by atoms with Gasteiger partial charge in [0.1, 0.15) is 5.75 Å². The highest BCUT2D eigenvalue weighted by Gasteiger charge is 2.30. The first kappa shape index (κ1) is 13.2. The van der Waals surface area contributed by atoms with Crippen molar-refractivity contribution in [1.82, 2.24) is 0 Å². The molecular weight excluding hydrogens is 356 g/mol. The van der Waals surface area contributed by atoms with Gasteiger partial charge in [0.2, 0.25) is 0 Å². The zero-order valence-electron chi connectivity index (χ0n) is 9.00. The van der Waals surface area contributed by atoms with E-state index in [-0.39, 0.29) is 5.75 Å². The van der Waals surface area contributed by atoms with E-state index in [1.807, 2.05) is 22.6 Å². The van der Waals surface area contributed by atoms with Gasteiger partial charge in [0, 0.05) is 3.57 Å². The number of hydrogen-bond donors (Lipinski definition) is 1. The lowest BCUT2D eigenvalue weighted by atomic mass is 10.0. The Kier molecular flexibility index (Phi) is 3.52. The van der Waals surface area contributed by atoms with Crippen molar-refractivity contribution < 1.29 is 18.3 Å². The van der Waals surface area contributed by atoms with Crippen LogP contribution in [0.5, 0.6) is 5.75 Å². The molecule has 5 heteroatoms. The van der Waals surface area contributed by atoms with Crippen LogP contribution in [-0.4, -0.2) is 5.11 Å². The fraction of sp³-hybridized carbons (Fsp3) is 0.0769. The van der Waals surface area contributed by atoms with Crippen LogP contribution in [0.25, 0.3) is 11.1 Å². The molecule has 0 atom stereocenters. The van der Waals surface area contributed by atoms with E-state index in [4.69, 9.17) is 0 Å². The second-order valence-electron chi connectivity index (χ2n) is 3.74. The summed E-state index contributed by atoms with van der Waals surface area (Å²) in [5, 5.41) is 9.28. The first-order valence-electron chi connectivity index (χ1n) is 5.04. The smallest absolute Gasteiger partial charge is 0.416 e. The SMILES string of the molecule is Oc1ccc(-c2cccc(C(F)(F)F)c2)c(I)c1. The summed E-state index contributed by atoms with van der Waals surface area (Å²) < 4.78 is 38.5. The Morgan fingerprint density at radius 2 is 1.72 bits per heavy atom. The maximum atomic E-state index is 12.6. The van der Waals surface area contributed by atoms with Crippen LogP contribution >= 0.6 is 22.6 Å². The van der Waals surface area contributed by atoms with E-state index in [2.05, 4.69) is 0 Å². The minimum absolute atomic E-state index is 0.0927. The highest BCUT2D eigenvalue weighted by molar-refractivity contribution is 14.1. The standard InChI is InChI=1S/C13H8F3IO/c14-13(15,16)9-3-1-2-8(6-9)11-5-4-10(18)7-12(11)17/h1-7,18H. The minimum atomic E-state index is -4.35. The molecule has 0 radical (unpaired) electrons. The molecule has 18 heavy (non-hydrogen) atoms. The lowest BCUT2D eigenvalue weighted by Crippen LogP contribution is -2.04. The van der Waals surface area contributed by atoms with Gasteiger partial charge in [0.15, 0.2) is 0 Å². The van der Waals surface area contributed by atoms with Crippen LogP contribution in [-0.2, 0) is 6.18 Å². The van der Waals surface area contributed by atoms with Crippen molar-refractivity contribution in [3.05, 3.63) is 51.6 Å². The maximum Gasteiger partial charge on any atom is 0.416 e. The average Bonchev–Trinajstić information content (AvgIpc) is 2.28. The largest absolute Gasteiger partial charge is 0.508 e. The second kappa shape index (κ2) is 4.79. The van der Waals surface area contributed by atoms with Gasteiger partial charge in [-0.3, -0.25) is 0 Å². The van der Waals surface area contributed by atoms with Crippen LogP contribution in [0, 0.1) is 3.57 Å². The van der Waals surface area contributed by atoms with Gasteiger partial charge in [0.05, 0.1) is 5.56 Å². The lowest BCUT2D eigenvalue weighted by Gasteiger charge is -2.10. The minimum Gasteiger partial charge on any atom is -0.508 e. The number of rotatable bonds is 1. The van der Waals surface area contributed by atoms with Crippen LogP contribution in [0.3, 0.4) is 0 Å². The number of aromatic hydroxyl groups is 1. The van der Waals surface area contributed by atoms with Crippen molar-refractivity contribution in [2.24, 2.45) is 0 Å². The van der Waals surface area contributed by atoms with E-state index < -0.39 is 11.7 Å². The molecular formula is C13H8F3IO. The van der Waals surface area contributed by atoms with Gasteiger partial charge in [-0.2, -0.15) is 13.2 Å². The molecule has 1 N–H and O–H groups in total. The molecule has 0 aliphatic heterocycles. The number of halogens is 4. The third-order valence-corrected chi connectivity index (χ3v) is 3.35. The van der Waals surface area contributed by atoms with Gasteiger partial charge in [-0.15, -0.1) is 0 Å². The fourth-order valence-corrected chi connectivity index (χ4v) is 2.41. The van der Waals surface area contributed by atoms with E-state index in [1.165, 1.54) is 18.2 Å². The van der Waals surface area contributed by atoms with Crippen molar-refractivity contribution in [3.8, 4) is 16.9 Å². The molecule has 0 aliphatic rings. The summed E-state index contributed by atoms with van der Waals surface area (Å²) in [5.41, 5.74) is 0.470. The summed E-state index contributed by atoms with van der Waals surface area (Å²) in [6.45, 7) is 0. The van der Waals surface area contributed by atoms with Gasteiger partial charge >= 0.3 is 6.18 Å². The van der Waals surface area contributed by atoms with Crippen LogP contribution in [0.2, 0.25) is 0 Å². The van der Waals surface area contributed by atoms with Gasteiger partial charge in [-0.25, -0.2) is 0 Å². The molecule has 0 heterocycles. The monoisotopic (exact) mass is 364 g/mol. The molecule has 2 aromatic rings. The molecule has 0 bridgehead atoms. The van der Waals surface area contributed by atoms with Gasteiger partial charge in [0.25, 0.3) is 0 Å². The van der Waals surface area contributed by atoms with Gasteiger partial charge < -0.3 is 5.11 Å². The predicted molar refractivity (Wildman–Crippen MR) is 71.3 cm³/mol. The zero-order chi connectivity index (χ0) is 13.3. The molecule has 2 aromatic carbocycles. The van der Waals surface area contributed by atoms with E-state index in [0.29, 0.717) is 14.7 Å². The highest BCUT2D eigenvalue weighted by atomic mass is 127. The van der Waals surface area contributed by atoms with E-state index in [9.17, 15) is 18.3 Å². The number of alkyl halides is 3. The Bertz CT molecular complexity index is 579. The molecule has 0 aromatic heterocycles. The molecule has 1 nitrogen and oxygen atoms in total. The summed E-state index contributed by atoms with van der Waals surface area (Å²) in [6.07, 6.45) is -4.35. The van der Waals surface area contributed by atoms with Crippen molar-refractivity contribution in [3.63, 3.8) is 0 Å². The molecule has 0 saturated heterocycles. The van der Waals surface area contributed by atoms with Gasteiger partial charge in [-0.05, 0) is 64.0 Å². The lowest BCUT2D eigenvalue weighted by molar-refractivity contribution is -0.137. The third-order valence-electron chi connectivity index (χ3n) is 2.45. The third kappa shape index (κ3) is 2.77. The molecule has 2 rings (SSSR count). The Morgan fingerprint density at radius 1 is 1.00 bits per heavy atom. The summed E-state index contributed by atoms with van der Waals surface area (Å²) >= 11 is 1.98. The van der Waals surface area contributed by atoms with Gasteiger partial charge in [-0.1, -0.05) is 12.1 Å². The highest BCUT2D eigenvalue weighted by Crippen LogP contribution is 2.34. The second-order valence-corrected chi connectivity index (χ2v) is 4.90. The average molecular weight is 364 g/mol. The van der Waals surface area contributed by atoms with Crippen LogP contribution in [0.1, 0.15) is 5.56 Å². The van der Waals surface area contributed by atoms with Crippen molar-refractivity contribution >= 4 is 22.6 Å². The van der Waals surface area contributed by atoms with Crippen LogP contribution in [0.15, 0.2) is 42.5 Å². The number of hydrogen-bond acceptors (Lipinski definition) is 1. The summed E-state index contributed by atoms with van der Waals surface area (Å²) in [4.78, 5) is 0. The van der Waals surface area contributed by atoms with Crippen molar-refractivity contribution in [1.29, 1.82) is 0 Å². The molecule has 0 saturated carbocycles. The van der Waals surface area contributed by atoms with Crippen LogP contribution < -0.4 is 0 Å². The molecule has 0 amide bonds. The molecule has 0 spiro atoms. The summed E-state index contributed by atoms with van der Waals surface area (Å²) in [7, 11) is 0. The Balaban J connectivity index is 2.51. The van der Waals surface area contributed by atoms with Crippen molar-refractivity contribution in [2.75, 3.05) is 0 Å². The molecule has 0 unspecified atom stereocenters. The Labute approximate surface area is 115 Å². The topological polar surface area (TPSA) is 20.2 Å². The van der Waals surface area contributed by atoms with Crippen LogP contribution in [0.4, 0.5) is 13.2 Å². The Morgan fingerprint density at radius 3 is 2.33 bits per heavy atom. The fourth-order valence-electron chi connectivity index (χ4n) is 1.60. The summed E-state index contributed by atoms with van der Waals surface area (Å²) in [6, 6.07) is 9.71. The molecule has 0 aliphatic carbocycles. The molecule has 94 valence electrons. The van der Waals surface area contributed by atoms with Crippen molar-refractivity contribution in [2.45, 2.75) is 6.18 Å². The Hall–Kier alpha value is -1.24. The first-order chi connectivity index (χ1) is 8.38. The number of phenolic OH excluding ortho intramolecular Hbond substituents is 1. The normalized spacial score (nSPS) is 11.6. The predicted octanol–water partition coefficient (Wildman–Crippen LogP) is 4.68. The zero-order valence-corrected chi connectivity index (χ0v) is 11.2. The first-order valence-corrected chi connectivity index (χ1v) is 6.12. The van der Waals surface area contributed by atoms with E-state index >= 15 is 0 Å². The number of benzene rings is 2. The maximum absolute atomic E-state index is 12.6. The summed E-state index contributed by atoms with van der Waals surface area (Å²) in [5.74, 6) is 0.0927. The molecule has 0 fully saturated rings. The van der Waals surface area contributed by atoms with E-state index in [1.54, 1.807) is 12.1 Å². The van der Waals surface area contributed by atoms with E-state index in [0.717, 1.165) is 12.1 Å². The quantitative estimate of drug-likeness (QED) is 0.729.